The van der Waals surface area contributed by atoms with Crippen molar-refractivity contribution in [1.82, 2.24) is 4.98 Å². The lowest BCUT2D eigenvalue weighted by Gasteiger charge is -2.02. The summed E-state index contributed by atoms with van der Waals surface area (Å²) in [7, 11) is 0. The van der Waals surface area contributed by atoms with Gasteiger partial charge in [0.2, 0.25) is 0 Å². The quantitative estimate of drug-likeness (QED) is 0.598. The van der Waals surface area contributed by atoms with Crippen molar-refractivity contribution in [3.8, 4) is 5.88 Å². The average molecular weight is 126 g/mol. The minimum Gasteiger partial charge on any atom is -0.473 e. The van der Waals surface area contributed by atoms with Crippen LogP contribution in [0.1, 0.15) is 13.8 Å². The number of hydrogen-bond acceptors (Lipinski definition) is 3. The van der Waals surface area contributed by atoms with Crippen LogP contribution in [0.25, 0.3) is 0 Å². The van der Waals surface area contributed by atoms with Gasteiger partial charge in [-0.05, 0) is 13.8 Å². The van der Waals surface area contributed by atoms with Crippen molar-refractivity contribution in [2.75, 3.05) is 0 Å². The van der Waals surface area contributed by atoms with Crippen LogP contribution >= 0.6 is 0 Å². The average Bonchev–Trinajstić information content (AvgIpc) is 2.15. The molecule has 0 aromatic carbocycles. The highest BCUT2D eigenvalue weighted by atomic mass is 16.5. The Hall–Kier alpha value is -0.990. The van der Waals surface area contributed by atoms with E-state index in [1.54, 1.807) is 0 Å². The van der Waals surface area contributed by atoms with Crippen LogP contribution in [0, 0.1) is 6.39 Å². The zero-order valence-electron chi connectivity index (χ0n) is 5.42. The summed E-state index contributed by atoms with van der Waals surface area (Å²) in [4.78, 5) is 3.64. The van der Waals surface area contributed by atoms with E-state index in [2.05, 4.69) is 15.8 Å². The molecule has 1 aromatic rings. The second kappa shape index (κ2) is 2.53. The summed E-state index contributed by atoms with van der Waals surface area (Å²) in [6.07, 6.45) is 3.84. The van der Waals surface area contributed by atoms with Gasteiger partial charge in [-0.3, -0.25) is 0 Å². The Kier molecular flexibility index (Phi) is 1.72. The molecule has 1 rings (SSSR count). The largest absolute Gasteiger partial charge is 0.473 e. The van der Waals surface area contributed by atoms with E-state index in [0.29, 0.717) is 5.88 Å². The highest BCUT2D eigenvalue weighted by molar-refractivity contribution is 4.97. The van der Waals surface area contributed by atoms with Gasteiger partial charge in [-0.25, -0.2) is 0 Å². The normalized spacial score (nSPS) is 10.1. The van der Waals surface area contributed by atoms with Crippen molar-refractivity contribution in [2.24, 2.45) is 0 Å². The van der Waals surface area contributed by atoms with Crippen molar-refractivity contribution in [2.45, 2.75) is 20.0 Å². The van der Waals surface area contributed by atoms with Crippen molar-refractivity contribution >= 4 is 0 Å². The summed E-state index contributed by atoms with van der Waals surface area (Å²) in [5.41, 5.74) is 0. The summed E-state index contributed by atoms with van der Waals surface area (Å²) in [6, 6.07) is 0. The van der Waals surface area contributed by atoms with Crippen molar-refractivity contribution < 1.29 is 9.15 Å². The Morgan fingerprint density at radius 2 is 2.56 bits per heavy atom. The molecule has 0 aliphatic heterocycles. The lowest BCUT2D eigenvalue weighted by atomic mass is 10.5. The van der Waals surface area contributed by atoms with Gasteiger partial charge in [0.05, 0.1) is 6.10 Å². The van der Waals surface area contributed by atoms with Crippen LogP contribution in [0.2, 0.25) is 0 Å². The van der Waals surface area contributed by atoms with Crippen molar-refractivity contribution in [1.29, 1.82) is 0 Å². The first-order valence-corrected chi connectivity index (χ1v) is 2.77. The summed E-state index contributed by atoms with van der Waals surface area (Å²) < 4.78 is 9.67. The van der Waals surface area contributed by atoms with Crippen LogP contribution in [0.15, 0.2) is 10.7 Å². The molecule has 9 heavy (non-hydrogen) atoms. The van der Waals surface area contributed by atoms with Gasteiger partial charge in [0.1, 0.15) is 0 Å². The van der Waals surface area contributed by atoms with E-state index >= 15 is 0 Å². The predicted molar refractivity (Wildman–Crippen MR) is 31.1 cm³/mol. The molecule has 1 aromatic heterocycles. The van der Waals surface area contributed by atoms with Gasteiger partial charge in [-0.2, -0.15) is 4.98 Å². The fraction of sp³-hybridized carbons (Fsp3) is 0.500. The predicted octanol–water partition coefficient (Wildman–Crippen LogP) is 1.26. The van der Waals surface area contributed by atoms with Crippen LogP contribution in [-0.4, -0.2) is 11.1 Å². The van der Waals surface area contributed by atoms with E-state index in [1.807, 2.05) is 13.8 Å². The molecule has 0 saturated carbocycles. The maximum atomic E-state index is 5.12. The Bertz CT molecular complexity index is 158. The molecule has 0 unspecified atom stereocenters. The number of oxazole rings is 1. The Morgan fingerprint density at radius 1 is 1.78 bits per heavy atom. The van der Waals surface area contributed by atoms with Crippen LogP contribution in [-0.2, 0) is 0 Å². The molecule has 0 aliphatic carbocycles. The lowest BCUT2D eigenvalue weighted by molar-refractivity contribution is 0.232. The highest BCUT2D eigenvalue weighted by Gasteiger charge is 1.97. The molecule has 3 heteroatoms. The van der Waals surface area contributed by atoms with E-state index < -0.39 is 0 Å². The first-order valence-electron chi connectivity index (χ1n) is 2.77. The maximum absolute atomic E-state index is 5.12. The van der Waals surface area contributed by atoms with E-state index in [-0.39, 0.29) is 6.10 Å². The number of rotatable bonds is 2. The topological polar surface area (TPSA) is 35.3 Å². The molecule has 1 heterocycles. The molecule has 1 radical (unpaired) electrons. The Labute approximate surface area is 53.7 Å². The molecule has 0 aliphatic rings. The minimum absolute atomic E-state index is 0.142. The van der Waals surface area contributed by atoms with E-state index in [4.69, 9.17) is 4.74 Å². The van der Waals surface area contributed by atoms with Gasteiger partial charge in [0.15, 0.2) is 6.26 Å². The minimum atomic E-state index is 0.142. The zero-order chi connectivity index (χ0) is 6.69. The summed E-state index contributed by atoms with van der Waals surface area (Å²) in [5, 5.41) is 0. The van der Waals surface area contributed by atoms with E-state index in [9.17, 15) is 0 Å². The SMILES string of the molecule is CC(C)Oc1co[c]n1. The number of aromatic nitrogens is 1. The third-order valence-corrected chi connectivity index (χ3v) is 0.725. The number of ether oxygens (including phenoxy) is 1. The van der Waals surface area contributed by atoms with Gasteiger partial charge in [-0.1, -0.05) is 0 Å². The molecule has 3 nitrogen and oxygen atoms in total. The molecule has 0 bridgehead atoms. The number of nitrogens with zero attached hydrogens (tertiary/aromatic N) is 1. The molecule has 0 fully saturated rings. The first-order chi connectivity index (χ1) is 4.29. The van der Waals surface area contributed by atoms with Crippen LogP contribution in [0.3, 0.4) is 0 Å². The Morgan fingerprint density at radius 3 is 3.00 bits per heavy atom. The van der Waals surface area contributed by atoms with Crippen molar-refractivity contribution in [3.63, 3.8) is 0 Å². The molecular formula is C6H8NO2. The summed E-state index contributed by atoms with van der Waals surface area (Å²) in [6.45, 7) is 3.85. The standard InChI is InChI=1S/C6H8NO2/c1-5(2)9-6-3-8-4-7-6/h3,5H,1-2H3. The van der Waals surface area contributed by atoms with Crippen LogP contribution in [0.4, 0.5) is 0 Å². The monoisotopic (exact) mass is 126 g/mol. The highest BCUT2D eigenvalue weighted by Crippen LogP contribution is 2.05. The van der Waals surface area contributed by atoms with Gasteiger partial charge in [0, 0.05) is 0 Å². The number of hydrogen-bond donors (Lipinski definition) is 0. The smallest absolute Gasteiger partial charge is 0.287 e. The Balaban J connectivity index is 2.48. The van der Waals surface area contributed by atoms with E-state index in [1.165, 1.54) is 6.26 Å². The van der Waals surface area contributed by atoms with Crippen molar-refractivity contribution in [3.05, 3.63) is 12.7 Å². The second-order valence-electron chi connectivity index (χ2n) is 1.94. The first kappa shape index (κ1) is 6.13. The summed E-state index contributed by atoms with van der Waals surface area (Å²) >= 11 is 0. The molecular weight excluding hydrogens is 118 g/mol. The maximum Gasteiger partial charge on any atom is 0.287 e. The van der Waals surface area contributed by atoms with Crippen LogP contribution < -0.4 is 4.74 Å². The van der Waals surface area contributed by atoms with E-state index in [0.717, 1.165) is 0 Å². The summed E-state index contributed by atoms with van der Waals surface area (Å²) in [5.74, 6) is 0.491. The fourth-order valence-electron chi connectivity index (χ4n) is 0.470. The fourth-order valence-corrected chi connectivity index (χ4v) is 0.470. The second-order valence-corrected chi connectivity index (χ2v) is 1.94. The zero-order valence-corrected chi connectivity index (χ0v) is 5.42. The van der Waals surface area contributed by atoms with Gasteiger partial charge < -0.3 is 9.15 Å². The molecule has 0 atom stereocenters. The molecule has 0 amide bonds. The molecule has 0 saturated heterocycles. The van der Waals surface area contributed by atoms with Crippen LogP contribution in [0.5, 0.6) is 5.88 Å². The van der Waals surface area contributed by atoms with Gasteiger partial charge in [-0.15, -0.1) is 0 Å². The molecule has 49 valence electrons. The van der Waals surface area contributed by atoms with Gasteiger partial charge >= 0.3 is 0 Å². The molecule has 0 N–H and O–H groups in total. The third kappa shape index (κ3) is 1.76. The lowest BCUT2D eigenvalue weighted by Crippen LogP contribution is -2.05. The molecule has 0 spiro atoms. The third-order valence-electron chi connectivity index (χ3n) is 0.725. The van der Waals surface area contributed by atoms with Gasteiger partial charge in [0.25, 0.3) is 12.3 Å².